The number of Topliss-reactive ketones (excluding diaryl/α,β-unsaturated/α-hetero) is 1. The fourth-order valence-corrected chi connectivity index (χ4v) is 2.76. The molecule has 7 heteroatoms. The molecule has 1 aromatic carbocycles. The minimum Gasteiger partial charge on any atom is -0.328 e. The number of rotatable bonds is 4. The normalized spacial score (nSPS) is 15.6. The predicted octanol–water partition coefficient (Wildman–Crippen LogP) is 3.27. The van der Waals surface area contributed by atoms with Crippen molar-refractivity contribution in [1.29, 1.82) is 0 Å². The third kappa shape index (κ3) is 4.85. The molecule has 2 N–H and O–H groups in total. The second-order valence-electron chi connectivity index (χ2n) is 8.90. The number of ketones is 1. The summed E-state index contributed by atoms with van der Waals surface area (Å²) in [6, 6.07) is 5.16. The summed E-state index contributed by atoms with van der Waals surface area (Å²) >= 11 is 0. The zero-order valence-corrected chi connectivity index (χ0v) is 17.1. The largest absolute Gasteiger partial charge is 0.328 e. The fraction of sp³-hybridized carbons (Fsp3) is 0.429. The molecule has 28 heavy (non-hydrogen) atoms. The van der Waals surface area contributed by atoms with Crippen LogP contribution in [0.3, 0.4) is 0 Å². The van der Waals surface area contributed by atoms with E-state index in [1.165, 1.54) is 12.2 Å². The number of imide groups is 1. The molecule has 2 rings (SSSR count). The van der Waals surface area contributed by atoms with Gasteiger partial charge in [-0.2, -0.15) is 0 Å². The van der Waals surface area contributed by atoms with Gasteiger partial charge in [0.2, 0.25) is 0 Å². The third-order valence-electron chi connectivity index (χ3n) is 4.34. The Morgan fingerprint density at radius 3 is 1.82 bits per heavy atom. The summed E-state index contributed by atoms with van der Waals surface area (Å²) in [6.07, 6.45) is 2.42. The van der Waals surface area contributed by atoms with Gasteiger partial charge in [0.15, 0.2) is 5.78 Å². The van der Waals surface area contributed by atoms with Gasteiger partial charge in [0.25, 0.3) is 11.8 Å². The maximum absolute atomic E-state index is 12.7. The fourth-order valence-electron chi connectivity index (χ4n) is 2.76. The van der Waals surface area contributed by atoms with Gasteiger partial charge in [-0.3, -0.25) is 14.4 Å². The van der Waals surface area contributed by atoms with Crippen molar-refractivity contribution in [1.82, 2.24) is 5.32 Å². The average Bonchev–Trinajstić information content (AvgIpc) is 2.90. The van der Waals surface area contributed by atoms with Gasteiger partial charge >= 0.3 is 6.03 Å². The molecule has 0 spiro atoms. The summed E-state index contributed by atoms with van der Waals surface area (Å²) in [5.74, 6) is -0.863. The molecular formula is C21H27N3O4. The van der Waals surface area contributed by atoms with Crippen LogP contribution in [0.25, 0.3) is 0 Å². The first-order valence-electron chi connectivity index (χ1n) is 9.09. The molecule has 7 nitrogen and oxygen atoms in total. The lowest BCUT2D eigenvalue weighted by atomic mass is 9.76. The number of hydrogen-bond donors (Lipinski definition) is 2. The Labute approximate surface area is 165 Å². The van der Waals surface area contributed by atoms with Gasteiger partial charge in [-0.15, -0.1) is 0 Å². The SMILES string of the molecule is CC(C)(C)C(=O)C(NC(=O)Nc1ccc(N2C(=O)C=CC2=O)cc1)C(C)(C)C. The highest BCUT2D eigenvalue weighted by atomic mass is 16.2. The molecule has 1 aliphatic rings. The van der Waals surface area contributed by atoms with Crippen LogP contribution < -0.4 is 15.5 Å². The van der Waals surface area contributed by atoms with Crippen LogP contribution in [-0.2, 0) is 14.4 Å². The zero-order valence-electron chi connectivity index (χ0n) is 17.1. The van der Waals surface area contributed by atoms with E-state index in [2.05, 4.69) is 10.6 Å². The molecule has 0 bridgehead atoms. The molecule has 0 fully saturated rings. The van der Waals surface area contributed by atoms with Crippen LogP contribution in [0, 0.1) is 10.8 Å². The first-order valence-corrected chi connectivity index (χ1v) is 9.09. The monoisotopic (exact) mass is 385 g/mol. The van der Waals surface area contributed by atoms with E-state index in [1.807, 2.05) is 41.5 Å². The summed E-state index contributed by atoms with van der Waals surface area (Å²) in [7, 11) is 0. The Bertz CT molecular complexity index is 809. The van der Waals surface area contributed by atoms with Crippen LogP contribution in [0.2, 0.25) is 0 Å². The lowest BCUT2D eigenvalue weighted by Gasteiger charge is -2.34. The molecule has 0 aliphatic carbocycles. The van der Waals surface area contributed by atoms with Crippen LogP contribution in [-0.4, -0.2) is 29.7 Å². The van der Waals surface area contributed by atoms with Crippen LogP contribution >= 0.6 is 0 Å². The second kappa shape index (κ2) is 7.58. The smallest absolute Gasteiger partial charge is 0.319 e. The van der Waals surface area contributed by atoms with Gasteiger partial charge in [-0.25, -0.2) is 9.69 Å². The van der Waals surface area contributed by atoms with E-state index < -0.39 is 34.7 Å². The zero-order chi connectivity index (χ0) is 21.3. The number of amides is 4. The number of nitrogens with zero attached hydrogens (tertiary/aromatic N) is 1. The number of benzene rings is 1. The molecule has 4 amide bonds. The second-order valence-corrected chi connectivity index (χ2v) is 8.90. The molecule has 1 heterocycles. The van der Waals surface area contributed by atoms with Gasteiger partial charge in [0.1, 0.15) is 0 Å². The highest BCUT2D eigenvalue weighted by Gasteiger charge is 2.38. The molecule has 150 valence electrons. The number of urea groups is 1. The minimum atomic E-state index is -0.655. The highest BCUT2D eigenvalue weighted by Crippen LogP contribution is 2.28. The average molecular weight is 385 g/mol. The number of nitrogens with one attached hydrogen (secondary N) is 2. The third-order valence-corrected chi connectivity index (χ3v) is 4.34. The highest BCUT2D eigenvalue weighted by molar-refractivity contribution is 6.28. The molecule has 1 aliphatic heterocycles. The maximum Gasteiger partial charge on any atom is 0.319 e. The molecular weight excluding hydrogens is 358 g/mol. The van der Waals surface area contributed by atoms with E-state index >= 15 is 0 Å². The van der Waals surface area contributed by atoms with Crippen molar-refractivity contribution in [2.24, 2.45) is 10.8 Å². The number of anilines is 2. The van der Waals surface area contributed by atoms with Crippen molar-refractivity contribution in [2.75, 3.05) is 10.2 Å². The predicted molar refractivity (Wildman–Crippen MR) is 108 cm³/mol. The number of hydrogen-bond acceptors (Lipinski definition) is 4. The van der Waals surface area contributed by atoms with Crippen LogP contribution in [0.4, 0.5) is 16.2 Å². The van der Waals surface area contributed by atoms with E-state index in [9.17, 15) is 19.2 Å². The lowest BCUT2D eigenvalue weighted by Crippen LogP contribution is -2.53. The molecule has 0 saturated heterocycles. The molecule has 0 radical (unpaired) electrons. The van der Waals surface area contributed by atoms with Gasteiger partial charge in [-0.05, 0) is 29.7 Å². The van der Waals surface area contributed by atoms with Gasteiger partial charge in [0, 0.05) is 23.3 Å². The van der Waals surface area contributed by atoms with E-state index in [1.54, 1.807) is 24.3 Å². The van der Waals surface area contributed by atoms with Gasteiger partial charge in [0.05, 0.1) is 11.7 Å². The van der Waals surface area contributed by atoms with Crippen molar-refractivity contribution in [3.05, 3.63) is 36.4 Å². The Kier molecular flexibility index (Phi) is 5.77. The van der Waals surface area contributed by atoms with Gasteiger partial charge in [-0.1, -0.05) is 41.5 Å². The molecule has 1 aromatic rings. The van der Waals surface area contributed by atoms with Crippen LogP contribution in [0.5, 0.6) is 0 Å². The van der Waals surface area contributed by atoms with Gasteiger partial charge < -0.3 is 10.6 Å². The first kappa shape index (κ1) is 21.3. The Morgan fingerprint density at radius 2 is 1.39 bits per heavy atom. The molecule has 1 atom stereocenters. The van der Waals surface area contributed by atoms with Crippen molar-refractivity contribution < 1.29 is 19.2 Å². The summed E-state index contributed by atoms with van der Waals surface area (Å²) in [5.41, 5.74) is -0.143. The maximum atomic E-state index is 12.7. The van der Waals surface area contributed by atoms with Crippen molar-refractivity contribution in [3.63, 3.8) is 0 Å². The van der Waals surface area contributed by atoms with Crippen molar-refractivity contribution in [2.45, 2.75) is 47.6 Å². The first-order chi connectivity index (χ1) is 12.8. The van der Waals surface area contributed by atoms with E-state index in [0.717, 1.165) is 4.90 Å². The molecule has 0 aromatic heterocycles. The quantitative estimate of drug-likeness (QED) is 0.778. The Balaban J connectivity index is 2.08. The summed E-state index contributed by atoms with van der Waals surface area (Å²) in [5, 5.41) is 5.45. The topological polar surface area (TPSA) is 95.6 Å². The van der Waals surface area contributed by atoms with Crippen molar-refractivity contribution in [3.8, 4) is 0 Å². The minimum absolute atomic E-state index is 0.0518. The van der Waals surface area contributed by atoms with E-state index in [0.29, 0.717) is 11.4 Å². The Morgan fingerprint density at radius 1 is 0.893 bits per heavy atom. The number of carbonyl (C=O) groups is 4. The van der Waals surface area contributed by atoms with E-state index in [4.69, 9.17) is 0 Å². The van der Waals surface area contributed by atoms with Crippen molar-refractivity contribution >= 4 is 35.0 Å². The Hall–Kier alpha value is -2.96. The summed E-state index contributed by atoms with van der Waals surface area (Å²) < 4.78 is 0. The molecule has 1 unspecified atom stereocenters. The number of carbonyl (C=O) groups excluding carboxylic acids is 4. The summed E-state index contributed by atoms with van der Waals surface area (Å²) in [6.45, 7) is 11.2. The van der Waals surface area contributed by atoms with Crippen LogP contribution in [0.15, 0.2) is 36.4 Å². The lowest BCUT2D eigenvalue weighted by molar-refractivity contribution is -0.130. The summed E-state index contributed by atoms with van der Waals surface area (Å²) in [4.78, 5) is 49.7. The van der Waals surface area contributed by atoms with Crippen LogP contribution in [0.1, 0.15) is 41.5 Å². The standard InChI is InChI=1S/C21H27N3O4/c1-20(2,3)17(18(27)21(4,5)6)23-19(28)22-13-7-9-14(10-8-13)24-15(25)11-12-16(24)26/h7-12,17H,1-6H3,(H2,22,23,28). The molecule has 0 saturated carbocycles. The van der Waals surface area contributed by atoms with E-state index in [-0.39, 0.29) is 5.78 Å².